The molecule has 0 aliphatic carbocycles. The zero-order valence-electron chi connectivity index (χ0n) is 15.2. The lowest BCUT2D eigenvalue weighted by Crippen LogP contribution is -2.31. The van der Waals surface area contributed by atoms with Crippen molar-refractivity contribution in [3.05, 3.63) is 66.6 Å². The predicted octanol–water partition coefficient (Wildman–Crippen LogP) is 3.25. The summed E-state index contributed by atoms with van der Waals surface area (Å²) in [6.45, 7) is 0.886. The van der Waals surface area contributed by atoms with Gasteiger partial charge in [0, 0.05) is 43.1 Å². The molecule has 3 aromatic rings. The molecule has 0 saturated heterocycles. The average molecular weight is 359 g/mol. The highest BCUT2D eigenvalue weighted by molar-refractivity contribution is 5.89. The highest BCUT2D eigenvalue weighted by Crippen LogP contribution is 2.18. The number of benzene rings is 1. The minimum absolute atomic E-state index is 0.886. The number of rotatable bonds is 4. The summed E-state index contributed by atoms with van der Waals surface area (Å²) in [6.07, 6.45) is 12.0. The van der Waals surface area contributed by atoms with E-state index in [0.717, 1.165) is 47.7 Å². The maximum atomic E-state index is 4.56. The minimum atomic E-state index is 0.886. The van der Waals surface area contributed by atoms with Crippen LogP contribution in [0.5, 0.6) is 0 Å². The molecule has 136 valence electrons. The normalized spacial score (nSPS) is 14.7. The van der Waals surface area contributed by atoms with Gasteiger partial charge in [0.25, 0.3) is 0 Å². The number of hydrogen-bond acceptors (Lipinski definition) is 4. The number of nitrogens with one attached hydrogen (secondary N) is 2. The van der Waals surface area contributed by atoms with Crippen LogP contribution in [0.25, 0.3) is 16.9 Å². The van der Waals surface area contributed by atoms with E-state index >= 15 is 0 Å². The summed E-state index contributed by atoms with van der Waals surface area (Å²) in [7, 11) is 0. The van der Waals surface area contributed by atoms with Gasteiger partial charge in [0.2, 0.25) is 11.9 Å². The van der Waals surface area contributed by atoms with Crippen molar-refractivity contribution >= 4 is 12.1 Å². The largest absolute Gasteiger partial charge is 0.271 e. The molecule has 1 aliphatic rings. The van der Waals surface area contributed by atoms with Gasteiger partial charge < -0.3 is 0 Å². The molecule has 4 rings (SSSR count). The fourth-order valence-electron chi connectivity index (χ4n) is 3.13. The number of amidine groups is 1. The molecule has 2 N–H and O–H groups in total. The lowest BCUT2D eigenvalue weighted by atomic mass is 10.1. The van der Waals surface area contributed by atoms with E-state index in [1.54, 1.807) is 6.20 Å². The second kappa shape index (κ2) is 8.40. The van der Waals surface area contributed by atoms with Crippen molar-refractivity contribution in [3.63, 3.8) is 0 Å². The van der Waals surface area contributed by atoms with Crippen molar-refractivity contribution in [2.24, 2.45) is 10.1 Å². The monoisotopic (exact) mass is 359 g/mol. The fourth-order valence-corrected chi connectivity index (χ4v) is 3.13. The summed E-state index contributed by atoms with van der Waals surface area (Å²) < 4.78 is 1.99. The van der Waals surface area contributed by atoms with Crippen LogP contribution in [0.1, 0.15) is 31.2 Å². The summed E-state index contributed by atoms with van der Waals surface area (Å²) in [6, 6.07) is 14.1. The molecule has 2 aromatic heterocycles. The van der Waals surface area contributed by atoms with Gasteiger partial charge in [0.1, 0.15) is 11.5 Å². The Morgan fingerprint density at radius 3 is 2.85 bits per heavy atom. The van der Waals surface area contributed by atoms with Crippen LogP contribution < -0.4 is 10.1 Å². The molecule has 0 unspecified atom stereocenters. The third kappa shape index (κ3) is 4.28. The van der Waals surface area contributed by atoms with Gasteiger partial charge in [-0.3, -0.25) is 15.4 Å². The van der Waals surface area contributed by atoms with E-state index in [1.165, 1.54) is 12.8 Å². The standard InChI is InChI=1S/C21H22N6/c1-3-9-19(10-4-1)27-16-18(21(26-27)17-8-7-12-22-14-17)15-24-25-20-11-5-2-6-13-23-20/h1,3-4,7-10,12,14-16H,2,5-6,11,13H2,(H,23,25)/p+1/b24-15+. The van der Waals surface area contributed by atoms with Crippen LogP contribution in [-0.2, 0) is 0 Å². The third-order valence-corrected chi connectivity index (χ3v) is 4.55. The molecule has 0 atom stereocenters. The van der Waals surface area contributed by atoms with E-state index in [1.807, 2.05) is 53.6 Å². The van der Waals surface area contributed by atoms with Crippen molar-refractivity contribution in [3.8, 4) is 16.9 Å². The molecule has 0 radical (unpaired) electrons. The summed E-state index contributed by atoms with van der Waals surface area (Å²) in [5, 5.41) is 7.88. The number of pyridine rings is 1. The molecule has 0 bridgehead atoms. The Morgan fingerprint density at radius 2 is 2.00 bits per heavy atom. The Balaban J connectivity index is 1.63. The number of aromatic amines is 1. The number of para-hydroxylation sites is 1. The fraction of sp³-hybridized carbons (Fsp3) is 0.238. The summed E-state index contributed by atoms with van der Waals surface area (Å²) in [5.74, 6) is 0.971. The van der Waals surface area contributed by atoms with Crippen molar-refractivity contribution in [2.45, 2.75) is 25.7 Å². The van der Waals surface area contributed by atoms with Gasteiger partial charge in [-0.2, -0.15) is 10.2 Å². The lowest BCUT2D eigenvalue weighted by molar-refractivity contribution is -0.654. The molecule has 6 heteroatoms. The van der Waals surface area contributed by atoms with E-state index in [0.29, 0.717) is 0 Å². The van der Waals surface area contributed by atoms with E-state index in [2.05, 4.69) is 37.7 Å². The average Bonchev–Trinajstić information content (AvgIpc) is 2.98. The molecular formula is C21H23N6+. The Hall–Kier alpha value is -3.28. The van der Waals surface area contributed by atoms with Crippen molar-refractivity contribution < 1.29 is 4.68 Å². The third-order valence-electron chi connectivity index (χ3n) is 4.55. The van der Waals surface area contributed by atoms with Crippen molar-refractivity contribution in [1.29, 1.82) is 0 Å². The van der Waals surface area contributed by atoms with Crippen LogP contribution in [0.3, 0.4) is 0 Å². The molecule has 1 aliphatic heterocycles. The van der Waals surface area contributed by atoms with Crippen molar-refractivity contribution in [2.75, 3.05) is 6.54 Å². The summed E-state index contributed by atoms with van der Waals surface area (Å²) >= 11 is 0. The first-order chi connectivity index (χ1) is 13.4. The topological polar surface area (TPSA) is 69.3 Å². The van der Waals surface area contributed by atoms with E-state index < -0.39 is 0 Å². The first kappa shape index (κ1) is 17.1. The van der Waals surface area contributed by atoms with Gasteiger partial charge >= 0.3 is 0 Å². The highest BCUT2D eigenvalue weighted by Gasteiger charge is 2.17. The van der Waals surface area contributed by atoms with E-state index in [-0.39, 0.29) is 0 Å². The van der Waals surface area contributed by atoms with Gasteiger partial charge in [0.15, 0.2) is 0 Å². The van der Waals surface area contributed by atoms with Gasteiger partial charge in [-0.25, -0.2) is 0 Å². The molecule has 0 spiro atoms. The lowest BCUT2D eigenvalue weighted by Gasteiger charge is -2.01. The number of hydrogen-bond donors (Lipinski definition) is 2. The Labute approximate surface area is 158 Å². The Kier molecular flexibility index (Phi) is 5.34. The summed E-state index contributed by atoms with van der Waals surface area (Å²) in [5.41, 5.74) is 7.14. The number of aliphatic imine (C=N–C) groups is 1. The smallest absolute Gasteiger partial charge is 0.235 e. The van der Waals surface area contributed by atoms with E-state index in [4.69, 9.17) is 0 Å². The van der Waals surface area contributed by atoms with E-state index in [9.17, 15) is 0 Å². The van der Waals surface area contributed by atoms with Gasteiger partial charge in [-0.15, -0.1) is 0 Å². The number of hydrazone groups is 1. The minimum Gasteiger partial charge on any atom is -0.271 e. The zero-order valence-corrected chi connectivity index (χ0v) is 15.2. The van der Waals surface area contributed by atoms with Crippen LogP contribution in [0.2, 0.25) is 0 Å². The first-order valence-corrected chi connectivity index (χ1v) is 9.33. The maximum Gasteiger partial charge on any atom is 0.235 e. The quantitative estimate of drug-likeness (QED) is 0.426. The molecule has 6 nitrogen and oxygen atoms in total. The predicted molar refractivity (Wildman–Crippen MR) is 107 cm³/mol. The number of nitrogens with zero attached hydrogens (tertiary/aromatic N) is 4. The molecule has 3 heterocycles. The van der Waals surface area contributed by atoms with Gasteiger partial charge in [-0.05, 0) is 25.0 Å². The van der Waals surface area contributed by atoms with Gasteiger partial charge in [0.05, 0.1) is 11.8 Å². The van der Waals surface area contributed by atoms with Crippen LogP contribution in [0.15, 0.2) is 71.1 Å². The first-order valence-electron chi connectivity index (χ1n) is 9.33. The number of H-pyrrole nitrogens is 1. The van der Waals surface area contributed by atoms with Crippen LogP contribution in [0.4, 0.5) is 0 Å². The molecule has 0 saturated carbocycles. The zero-order chi connectivity index (χ0) is 18.3. The Bertz CT molecular complexity index is 928. The Morgan fingerprint density at radius 1 is 1.07 bits per heavy atom. The highest BCUT2D eigenvalue weighted by atomic mass is 15.3. The maximum absolute atomic E-state index is 4.56. The summed E-state index contributed by atoms with van der Waals surface area (Å²) in [4.78, 5) is 8.80. The number of aromatic nitrogens is 3. The van der Waals surface area contributed by atoms with Crippen LogP contribution in [0, 0.1) is 0 Å². The molecule has 1 aromatic carbocycles. The molecule has 0 fully saturated rings. The SMILES string of the molecule is C(=N\NC1=NCCCCC1)/c1c[n+](-c2ccccc2)[nH]c1-c1cccnc1. The van der Waals surface area contributed by atoms with Crippen molar-refractivity contribution in [1.82, 2.24) is 15.5 Å². The van der Waals surface area contributed by atoms with Gasteiger partial charge in [-0.1, -0.05) is 29.3 Å². The molecule has 0 amide bonds. The van der Waals surface area contributed by atoms with Crippen LogP contribution >= 0.6 is 0 Å². The molecular weight excluding hydrogens is 336 g/mol. The second-order valence-corrected chi connectivity index (χ2v) is 6.53. The second-order valence-electron chi connectivity index (χ2n) is 6.53. The molecule has 27 heavy (non-hydrogen) atoms. The van der Waals surface area contributed by atoms with Crippen LogP contribution in [-0.4, -0.2) is 28.7 Å².